The van der Waals surface area contributed by atoms with Crippen LogP contribution in [0.2, 0.25) is 5.02 Å². The molecule has 1 saturated carbocycles. The number of carbonyl (C=O) groups is 2. The van der Waals surface area contributed by atoms with Crippen molar-refractivity contribution >= 4 is 29.2 Å². The zero-order valence-corrected chi connectivity index (χ0v) is 27.3. The smallest absolute Gasteiger partial charge is 0.306 e. The van der Waals surface area contributed by atoms with Crippen molar-refractivity contribution in [3.8, 4) is 11.8 Å². The molecule has 2 aromatic carbocycles. The number of nitrogens with zero attached hydrogens (tertiary/aromatic N) is 3. The Balaban J connectivity index is 1.27. The molecule has 232 valence electrons. The van der Waals surface area contributed by atoms with Gasteiger partial charge in [-0.05, 0) is 70.1 Å². The highest BCUT2D eigenvalue weighted by molar-refractivity contribution is 6.31. The molecule has 43 heavy (non-hydrogen) atoms. The first kappa shape index (κ1) is 32.6. The van der Waals surface area contributed by atoms with E-state index in [0.29, 0.717) is 28.3 Å². The molecular weight excluding hydrogens is 564 g/mol. The molecule has 4 rings (SSSR count). The summed E-state index contributed by atoms with van der Waals surface area (Å²) in [5, 5.41) is 12.8. The minimum Gasteiger partial charge on any atom is -0.489 e. The van der Waals surface area contributed by atoms with Crippen molar-refractivity contribution in [1.82, 2.24) is 10.2 Å². The van der Waals surface area contributed by atoms with Gasteiger partial charge in [-0.15, -0.1) is 0 Å². The molecule has 1 amide bonds. The van der Waals surface area contributed by atoms with Crippen LogP contribution in [0.4, 0.5) is 5.69 Å². The van der Waals surface area contributed by atoms with E-state index < -0.39 is 5.60 Å². The van der Waals surface area contributed by atoms with Gasteiger partial charge >= 0.3 is 5.97 Å². The van der Waals surface area contributed by atoms with Gasteiger partial charge in [0.1, 0.15) is 23.5 Å². The lowest BCUT2D eigenvalue weighted by molar-refractivity contribution is -0.164. The number of piperazine rings is 1. The number of ether oxygens (including phenoxy) is 2. The highest BCUT2D eigenvalue weighted by atomic mass is 35.5. The normalized spacial score (nSPS) is 21.3. The maximum atomic E-state index is 13.3. The van der Waals surface area contributed by atoms with Crippen molar-refractivity contribution in [2.24, 2.45) is 10.8 Å². The molecule has 9 heteroatoms. The summed E-state index contributed by atoms with van der Waals surface area (Å²) >= 11 is 6.21. The molecule has 1 saturated heterocycles. The van der Waals surface area contributed by atoms with Crippen molar-refractivity contribution in [1.29, 1.82) is 5.26 Å². The number of hydrogen-bond acceptors (Lipinski definition) is 7. The summed E-state index contributed by atoms with van der Waals surface area (Å²) in [5.41, 5.74) is 1.04. The Hall–Kier alpha value is -3.28. The van der Waals surface area contributed by atoms with Crippen LogP contribution in [0.5, 0.6) is 5.75 Å². The average molecular weight is 609 g/mol. The SMILES string of the molecule is CC(C)(C)OC(=O)CCCN1CCN(c2ccc(C(=O)NC3C(C)(C)C(Oc4ccc(C#N)c(Cl)c4)C3(C)C)cc2)CC1. The molecular formula is C34H45ClN4O4. The molecule has 0 bridgehead atoms. The number of nitrogens with one attached hydrogen (secondary N) is 1. The fourth-order valence-corrected chi connectivity index (χ4v) is 6.92. The van der Waals surface area contributed by atoms with Gasteiger partial charge in [-0.3, -0.25) is 14.5 Å². The van der Waals surface area contributed by atoms with E-state index in [4.69, 9.17) is 26.3 Å². The lowest BCUT2D eigenvalue weighted by atomic mass is 9.49. The monoisotopic (exact) mass is 608 g/mol. The number of benzene rings is 2. The summed E-state index contributed by atoms with van der Waals surface area (Å²) in [4.78, 5) is 30.0. The van der Waals surface area contributed by atoms with Gasteiger partial charge in [0.05, 0.1) is 10.6 Å². The average Bonchev–Trinajstić information content (AvgIpc) is 2.94. The zero-order chi connectivity index (χ0) is 31.6. The third-order valence-corrected chi connectivity index (χ3v) is 8.88. The predicted octanol–water partition coefficient (Wildman–Crippen LogP) is 6.07. The molecule has 8 nitrogen and oxygen atoms in total. The molecule has 0 spiro atoms. The number of hydrogen-bond donors (Lipinski definition) is 1. The molecule has 1 aliphatic carbocycles. The maximum Gasteiger partial charge on any atom is 0.306 e. The summed E-state index contributed by atoms with van der Waals surface area (Å²) in [6.07, 6.45) is 1.08. The second-order valence-corrected chi connectivity index (χ2v) is 14.3. The Labute approximate surface area is 261 Å². The van der Waals surface area contributed by atoms with Crippen molar-refractivity contribution < 1.29 is 19.1 Å². The van der Waals surface area contributed by atoms with Crippen LogP contribution in [0.25, 0.3) is 0 Å². The Bertz CT molecular complexity index is 1340. The van der Waals surface area contributed by atoms with Gasteiger partial charge in [0.25, 0.3) is 5.91 Å². The lowest BCUT2D eigenvalue weighted by Gasteiger charge is -2.63. The second-order valence-electron chi connectivity index (χ2n) is 13.9. The second kappa shape index (κ2) is 12.8. The van der Waals surface area contributed by atoms with Gasteiger partial charge in [-0.2, -0.15) is 5.26 Å². The number of halogens is 1. The zero-order valence-electron chi connectivity index (χ0n) is 26.5. The number of carbonyl (C=O) groups excluding carboxylic acids is 2. The van der Waals surface area contributed by atoms with Gasteiger partial charge in [-0.25, -0.2) is 0 Å². The number of amides is 1. The van der Waals surface area contributed by atoms with E-state index in [1.54, 1.807) is 18.2 Å². The molecule has 0 radical (unpaired) electrons. The summed E-state index contributed by atoms with van der Waals surface area (Å²) in [6.45, 7) is 18.6. The summed E-state index contributed by atoms with van der Waals surface area (Å²) in [7, 11) is 0. The maximum absolute atomic E-state index is 13.3. The van der Waals surface area contributed by atoms with E-state index in [-0.39, 0.29) is 34.9 Å². The quantitative estimate of drug-likeness (QED) is 0.345. The standard InChI is InChI=1S/C34H45ClN4O4/c1-32(2,3)43-28(40)9-8-16-38-17-19-39(20-18-38)25-13-10-23(11-14-25)29(41)37-30-33(4,5)31(34(30,6)7)42-26-15-12-24(22-36)27(35)21-26/h10-15,21,30-31H,8-9,16-20H2,1-7H3,(H,37,41). The largest absolute Gasteiger partial charge is 0.489 e. The Morgan fingerprint density at radius 2 is 1.65 bits per heavy atom. The Morgan fingerprint density at radius 3 is 2.21 bits per heavy atom. The van der Waals surface area contributed by atoms with Gasteiger partial charge in [0.2, 0.25) is 0 Å². The fourth-order valence-electron chi connectivity index (χ4n) is 6.70. The highest BCUT2D eigenvalue weighted by Crippen LogP contribution is 2.55. The summed E-state index contributed by atoms with van der Waals surface area (Å²) in [5.74, 6) is 0.367. The fraction of sp³-hybridized carbons (Fsp3) is 0.559. The van der Waals surface area contributed by atoms with Crippen LogP contribution >= 0.6 is 11.6 Å². The first-order valence-corrected chi connectivity index (χ1v) is 15.5. The van der Waals surface area contributed by atoms with Gasteiger partial charge in [0.15, 0.2) is 0 Å². The highest BCUT2D eigenvalue weighted by Gasteiger charge is 2.64. The lowest BCUT2D eigenvalue weighted by Crippen LogP contribution is -2.74. The molecule has 1 heterocycles. The minimum absolute atomic E-state index is 0.102. The van der Waals surface area contributed by atoms with E-state index >= 15 is 0 Å². The van der Waals surface area contributed by atoms with Crippen LogP contribution in [-0.4, -0.2) is 67.2 Å². The summed E-state index contributed by atoms with van der Waals surface area (Å²) in [6, 6.07) is 14.9. The molecule has 0 aromatic heterocycles. The van der Waals surface area contributed by atoms with Crippen molar-refractivity contribution in [2.75, 3.05) is 37.6 Å². The van der Waals surface area contributed by atoms with Crippen LogP contribution in [0.3, 0.4) is 0 Å². The van der Waals surface area contributed by atoms with E-state index in [0.717, 1.165) is 44.8 Å². The van der Waals surface area contributed by atoms with Crippen LogP contribution < -0.4 is 15.0 Å². The summed E-state index contributed by atoms with van der Waals surface area (Å²) < 4.78 is 11.7. The number of rotatable bonds is 9. The van der Waals surface area contributed by atoms with Crippen molar-refractivity contribution in [3.05, 3.63) is 58.6 Å². The molecule has 2 aliphatic rings. The molecule has 1 aliphatic heterocycles. The van der Waals surface area contributed by atoms with Crippen LogP contribution in [0.1, 0.15) is 77.2 Å². The number of esters is 1. The van der Waals surface area contributed by atoms with E-state index in [1.165, 1.54) is 0 Å². The van der Waals surface area contributed by atoms with Crippen molar-refractivity contribution in [3.63, 3.8) is 0 Å². The van der Waals surface area contributed by atoms with E-state index in [1.807, 2.05) is 45.0 Å². The first-order chi connectivity index (χ1) is 20.1. The number of anilines is 1. The Kier molecular flexibility index (Phi) is 9.68. The molecule has 0 atom stereocenters. The molecule has 0 unspecified atom stereocenters. The van der Waals surface area contributed by atoms with Gasteiger partial charge in [-0.1, -0.05) is 39.3 Å². The van der Waals surface area contributed by atoms with E-state index in [9.17, 15) is 9.59 Å². The third kappa shape index (κ3) is 7.63. The third-order valence-electron chi connectivity index (χ3n) is 8.57. The number of nitriles is 1. The van der Waals surface area contributed by atoms with E-state index in [2.05, 4.69) is 48.9 Å². The molecule has 2 aromatic rings. The first-order valence-electron chi connectivity index (χ1n) is 15.1. The van der Waals surface area contributed by atoms with Crippen molar-refractivity contribution in [2.45, 2.75) is 79.1 Å². The minimum atomic E-state index is -0.440. The van der Waals surface area contributed by atoms with Crippen LogP contribution in [0, 0.1) is 22.2 Å². The van der Waals surface area contributed by atoms with Crippen LogP contribution in [-0.2, 0) is 9.53 Å². The Morgan fingerprint density at radius 1 is 1.02 bits per heavy atom. The predicted molar refractivity (Wildman–Crippen MR) is 170 cm³/mol. The van der Waals surface area contributed by atoms with Gasteiger partial charge < -0.3 is 19.7 Å². The topological polar surface area (TPSA) is 94.9 Å². The molecule has 2 fully saturated rings. The molecule has 1 N–H and O–H groups in total. The van der Waals surface area contributed by atoms with Crippen LogP contribution in [0.15, 0.2) is 42.5 Å². The van der Waals surface area contributed by atoms with Gasteiger partial charge in [0, 0.05) is 66.8 Å².